The predicted octanol–water partition coefficient (Wildman–Crippen LogP) is 3.57. The molecule has 3 rings (SSSR count). The Morgan fingerprint density at radius 3 is 2.33 bits per heavy atom. The van der Waals surface area contributed by atoms with Crippen LogP contribution in [0.1, 0.15) is 0 Å². The van der Waals surface area contributed by atoms with Crippen LogP contribution in [0.4, 0.5) is 5.95 Å². The van der Waals surface area contributed by atoms with E-state index in [0.717, 1.165) is 11.1 Å². The first-order valence-corrected chi connectivity index (χ1v) is 6.59. The number of ether oxygens (including phenoxy) is 1. The van der Waals surface area contributed by atoms with Gasteiger partial charge in [-0.25, -0.2) is 0 Å². The van der Waals surface area contributed by atoms with Gasteiger partial charge < -0.3 is 10.5 Å². The highest BCUT2D eigenvalue weighted by atomic mass is 35.5. The van der Waals surface area contributed by atoms with Crippen molar-refractivity contribution in [3.8, 4) is 22.9 Å². The lowest BCUT2D eigenvalue weighted by Gasteiger charge is -2.10. The highest BCUT2D eigenvalue weighted by molar-refractivity contribution is 6.28. The number of nitrogen functional groups attached to an aromatic ring is 1. The van der Waals surface area contributed by atoms with Gasteiger partial charge in [-0.05, 0) is 23.2 Å². The average Bonchev–Trinajstić information content (AvgIpc) is 2.48. The zero-order valence-electron chi connectivity index (χ0n) is 10.9. The molecular formula is C15H11ClN4O. The van der Waals surface area contributed by atoms with Crippen molar-refractivity contribution in [2.24, 2.45) is 0 Å². The first kappa shape index (κ1) is 13.3. The number of rotatable bonds is 3. The van der Waals surface area contributed by atoms with Crippen LogP contribution in [-0.2, 0) is 0 Å². The highest BCUT2D eigenvalue weighted by Crippen LogP contribution is 2.32. The van der Waals surface area contributed by atoms with Crippen LogP contribution >= 0.6 is 11.6 Å². The maximum absolute atomic E-state index is 5.75. The van der Waals surface area contributed by atoms with Crippen LogP contribution in [0.2, 0.25) is 5.28 Å². The van der Waals surface area contributed by atoms with Crippen LogP contribution in [0.3, 0.4) is 0 Å². The second-order valence-corrected chi connectivity index (χ2v) is 4.55. The Morgan fingerprint density at radius 2 is 1.57 bits per heavy atom. The molecule has 1 aromatic heterocycles. The van der Waals surface area contributed by atoms with Gasteiger partial charge in [-0.1, -0.05) is 48.5 Å². The molecule has 0 atom stereocenters. The van der Waals surface area contributed by atoms with Crippen LogP contribution in [0.5, 0.6) is 11.8 Å². The Kier molecular flexibility index (Phi) is 3.66. The summed E-state index contributed by atoms with van der Waals surface area (Å²) in [6.45, 7) is 0. The number of nitrogens with two attached hydrogens (primary N) is 1. The van der Waals surface area contributed by atoms with Crippen LogP contribution in [0.25, 0.3) is 11.1 Å². The van der Waals surface area contributed by atoms with E-state index in [2.05, 4.69) is 15.0 Å². The van der Waals surface area contributed by atoms with Gasteiger partial charge in [0.25, 0.3) is 0 Å². The summed E-state index contributed by atoms with van der Waals surface area (Å²) < 4.78 is 5.70. The monoisotopic (exact) mass is 298 g/mol. The van der Waals surface area contributed by atoms with Gasteiger partial charge in [0.05, 0.1) is 0 Å². The lowest BCUT2D eigenvalue weighted by Crippen LogP contribution is -2.00. The number of nitrogens with zero attached hydrogens (tertiary/aromatic N) is 3. The number of hydrogen-bond donors (Lipinski definition) is 1. The van der Waals surface area contributed by atoms with Crippen molar-refractivity contribution in [2.45, 2.75) is 0 Å². The van der Waals surface area contributed by atoms with E-state index in [1.807, 2.05) is 54.6 Å². The molecule has 0 fully saturated rings. The smallest absolute Gasteiger partial charge is 0.328 e. The minimum absolute atomic E-state index is 0.00491. The fourth-order valence-electron chi connectivity index (χ4n) is 1.90. The Labute approximate surface area is 126 Å². The Bertz CT molecular complexity index is 744. The molecule has 0 aliphatic heterocycles. The van der Waals surface area contributed by atoms with Crippen LogP contribution in [0, 0.1) is 0 Å². The predicted molar refractivity (Wildman–Crippen MR) is 81.2 cm³/mol. The topological polar surface area (TPSA) is 73.9 Å². The van der Waals surface area contributed by atoms with E-state index in [1.165, 1.54) is 0 Å². The van der Waals surface area contributed by atoms with Gasteiger partial charge in [-0.3, -0.25) is 0 Å². The van der Waals surface area contributed by atoms with Crippen molar-refractivity contribution in [2.75, 3.05) is 5.73 Å². The molecular weight excluding hydrogens is 288 g/mol. The number of para-hydroxylation sites is 1. The van der Waals surface area contributed by atoms with Gasteiger partial charge in [0.1, 0.15) is 5.75 Å². The van der Waals surface area contributed by atoms with E-state index in [9.17, 15) is 0 Å². The second kappa shape index (κ2) is 5.76. The molecule has 3 aromatic rings. The molecule has 2 aromatic carbocycles. The summed E-state index contributed by atoms with van der Waals surface area (Å²) >= 11 is 5.75. The van der Waals surface area contributed by atoms with E-state index < -0.39 is 0 Å². The molecule has 0 saturated carbocycles. The fourth-order valence-corrected chi connectivity index (χ4v) is 2.06. The molecule has 0 saturated heterocycles. The Balaban J connectivity index is 2.00. The van der Waals surface area contributed by atoms with E-state index in [-0.39, 0.29) is 17.2 Å². The Hall–Kier alpha value is -2.66. The third-order valence-corrected chi connectivity index (χ3v) is 2.95. The Morgan fingerprint density at radius 1 is 0.857 bits per heavy atom. The number of hydrogen-bond acceptors (Lipinski definition) is 5. The van der Waals surface area contributed by atoms with Gasteiger partial charge in [0.15, 0.2) is 0 Å². The van der Waals surface area contributed by atoms with Gasteiger partial charge in [0, 0.05) is 5.56 Å². The molecule has 0 unspecified atom stereocenters. The standard InChI is InChI=1S/C15H11ClN4O/c16-13-18-14(17)20-15(19-13)21-12-9-5-4-8-11(12)10-6-2-1-3-7-10/h1-9H,(H2,17,18,19,20). The third-order valence-electron chi connectivity index (χ3n) is 2.78. The van der Waals surface area contributed by atoms with Crippen LogP contribution in [-0.4, -0.2) is 15.0 Å². The summed E-state index contributed by atoms with van der Waals surface area (Å²) in [6.07, 6.45) is 0. The van der Waals surface area contributed by atoms with E-state index >= 15 is 0 Å². The van der Waals surface area contributed by atoms with Gasteiger partial charge in [-0.2, -0.15) is 15.0 Å². The van der Waals surface area contributed by atoms with E-state index in [4.69, 9.17) is 22.1 Å². The highest BCUT2D eigenvalue weighted by Gasteiger charge is 2.10. The summed E-state index contributed by atoms with van der Waals surface area (Å²) in [5.74, 6) is 0.632. The van der Waals surface area contributed by atoms with Crippen molar-refractivity contribution < 1.29 is 4.74 Å². The summed E-state index contributed by atoms with van der Waals surface area (Å²) in [6, 6.07) is 17.5. The summed E-state index contributed by atoms with van der Waals surface area (Å²) in [5, 5.41) is -0.00491. The molecule has 104 valence electrons. The maximum atomic E-state index is 5.75. The first-order valence-electron chi connectivity index (χ1n) is 6.22. The molecule has 6 heteroatoms. The molecule has 0 amide bonds. The molecule has 1 heterocycles. The van der Waals surface area contributed by atoms with E-state index in [0.29, 0.717) is 5.75 Å². The third kappa shape index (κ3) is 3.09. The lowest BCUT2D eigenvalue weighted by atomic mass is 10.1. The van der Waals surface area contributed by atoms with Gasteiger partial charge in [0.2, 0.25) is 11.2 Å². The van der Waals surface area contributed by atoms with Crippen molar-refractivity contribution in [3.05, 3.63) is 59.9 Å². The first-order chi connectivity index (χ1) is 10.2. The van der Waals surface area contributed by atoms with E-state index in [1.54, 1.807) is 0 Å². The van der Waals surface area contributed by atoms with Crippen molar-refractivity contribution in [1.29, 1.82) is 0 Å². The molecule has 0 spiro atoms. The maximum Gasteiger partial charge on any atom is 0.328 e. The molecule has 0 aliphatic rings. The molecule has 2 N–H and O–H groups in total. The number of halogens is 1. The van der Waals surface area contributed by atoms with Crippen LogP contribution < -0.4 is 10.5 Å². The van der Waals surface area contributed by atoms with Crippen molar-refractivity contribution in [1.82, 2.24) is 15.0 Å². The zero-order valence-corrected chi connectivity index (χ0v) is 11.7. The largest absolute Gasteiger partial charge is 0.423 e. The number of aromatic nitrogens is 3. The average molecular weight is 299 g/mol. The molecule has 0 bridgehead atoms. The number of anilines is 1. The normalized spacial score (nSPS) is 10.3. The van der Waals surface area contributed by atoms with Gasteiger partial charge >= 0.3 is 6.01 Å². The fraction of sp³-hybridized carbons (Fsp3) is 0. The van der Waals surface area contributed by atoms with Gasteiger partial charge in [-0.15, -0.1) is 0 Å². The number of benzene rings is 2. The minimum Gasteiger partial charge on any atom is -0.423 e. The molecule has 5 nitrogen and oxygen atoms in total. The molecule has 21 heavy (non-hydrogen) atoms. The minimum atomic E-state index is -0.00491. The molecule has 0 aliphatic carbocycles. The van der Waals surface area contributed by atoms with Crippen LogP contribution in [0.15, 0.2) is 54.6 Å². The second-order valence-electron chi connectivity index (χ2n) is 4.21. The quantitative estimate of drug-likeness (QED) is 0.800. The SMILES string of the molecule is Nc1nc(Cl)nc(Oc2ccccc2-c2ccccc2)n1. The zero-order chi connectivity index (χ0) is 14.7. The van der Waals surface area contributed by atoms with Crippen molar-refractivity contribution >= 4 is 17.5 Å². The summed E-state index contributed by atoms with van der Waals surface area (Å²) in [4.78, 5) is 11.5. The lowest BCUT2D eigenvalue weighted by molar-refractivity contribution is 0.442. The molecule has 0 radical (unpaired) electrons. The summed E-state index contributed by atoms with van der Waals surface area (Å²) in [5.41, 5.74) is 7.49. The summed E-state index contributed by atoms with van der Waals surface area (Å²) in [7, 11) is 0. The van der Waals surface area contributed by atoms with Crippen molar-refractivity contribution in [3.63, 3.8) is 0 Å².